The summed E-state index contributed by atoms with van der Waals surface area (Å²) in [6.45, 7) is 4.43. The number of hydrogen-bond acceptors (Lipinski definition) is 3. The first-order chi connectivity index (χ1) is 11.6. The fourth-order valence-corrected chi connectivity index (χ4v) is 3.15. The molecule has 0 aliphatic carbocycles. The Hall–Kier alpha value is -1.65. The zero-order valence-electron chi connectivity index (χ0n) is 13.9. The van der Waals surface area contributed by atoms with Crippen LogP contribution >= 0.6 is 23.4 Å². The third-order valence-corrected chi connectivity index (χ3v) is 4.75. The smallest absolute Gasteiger partial charge is 0.260 e. The van der Waals surface area contributed by atoms with Gasteiger partial charge in [-0.05, 0) is 31.5 Å². The molecule has 24 heavy (non-hydrogen) atoms. The molecule has 0 spiro atoms. The molecule has 0 fully saturated rings. The fourth-order valence-electron chi connectivity index (χ4n) is 2.17. The Morgan fingerprint density at radius 2 is 2.04 bits per heavy atom. The molecule has 1 atom stereocenters. The second-order valence-corrected chi connectivity index (χ2v) is 7.04. The molecule has 1 amide bonds. The zero-order valence-corrected chi connectivity index (χ0v) is 15.5. The first-order valence-corrected chi connectivity index (χ1v) is 9.41. The summed E-state index contributed by atoms with van der Waals surface area (Å²) in [7, 11) is 0. The van der Waals surface area contributed by atoms with Gasteiger partial charge in [0, 0.05) is 18.1 Å². The predicted octanol–water partition coefficient (Wildman–Crippen LogP) is 4.47. The van der Waals surface area contributed by atoms with Crippen LogP contribution in [0, 0.1) is 6.92 Å². The van der Waals surface area contributed by atoms with Crippen molar-refractivity contribution in [3.05, 3.63) is 64.7 Å². The van der Waals surface area contributed by atoms with E-state index in [4.69, 9.17) is 16.3 Å². The first-order valence-electron chi connectivity index (χ1n) is 7.88. The minimum absolute atomic E-state index is 0.133. The van der Waals surface area contributed by atoms with Gasteiger partial charge >= 0.3 is 0 Å². The molecule has 2 aromatic rings. The van der Waals surface area contributed by atoms with E-state index in [1.807, 2.05) is 12.1 Å². The molecule has 5 heteroatoms. The lowest BCUT2D eigenvalue weighted by Gasteiger charge is -2.15. The van der Waals surface area contributed by atoms with Crippen LogP contribution in [-0.4, -0.2) is 24.3 Å². The molecule has 0 aliphatic heterocycles. The van der Waals surface area contributed by atoms with E-state index >= 15 is 0 Å². The summed E-state index contributed by atoms with van der Waals surface area (Å²) in [4.78, 5) is 12.0. The number of carbonyl (C=O) groups is 1. The van der Waals surface area contributed by atoms with Crippen LogP contribution in [-0.2, 0) is 10.5 Å². The van der Waals surface area contributed by atoms with E-state index in [2.05, 4.69) is 36.5 Å². The number of rotatable bonds is 8. The lowest BCUT2D eigenvalue weighted by molar-refractivity contribution is -0.127. The number of aryl methyl sites for hydroxylation is 1. The Labute approximate surface area is 152 Å². The number of nitrogens with one attached hydrogen (secondary N) is 1. The average Bonchev–Trinajstić information content (AvgIpc) is 2.56. The van der Waals surface area contributed by atoms with Crippen molar-refractivity contribution in [2.45, 2.75) is 25.7 Å². The van der Waals surface area contributed by atoms with E-state index in [0.29, 0.717) is 17.3 Å². The number of para-hydroxylation sites is 1. The van der Waals surface area contributed by atoms with Gasteiger partial charge in [-0.3, -0.25) is 4.79 Å². The van der Waals surface area contributed by atoms with Gasteiger partial charge in [-0.1, -0.05) is 53.6 Å². The summed E-state index contributed by atoms with van der Waals surface area (Å²) >= 11 is 7.83. The predicted molar refractivity (Wildman–Crippen MR) is 102 cm³/mol. The maximum absolute atomic E-state index is 12.0. The summed E-state index contributed by atoms with van der Waals surface area (Å²) in [5.74, 6) is 2.20. The molecule has 2 aromatic carbocycles. The third-order valence-electron chi connectivity index (χ3n) is 3.41. The van der Waals surface area contributed by atoms with Crippen molar-refractivity contribution in [2.24, 2.45) is 0 Å². The van der Waals surface area contributed by atoms with Crippen LogP contribution in [0.5, 0.6) is 5.75 Å². The Morgan fingerprint density at radius 3 is 2.79 bits per heavy atom. The number of carbonyl (C=O) groups excluding carboxylic acids is 1. The second kappa shape index (κ2) is 9.60. The highest BCUT2D eigenvalue weighted by Gasteiger charge is 2.15. The van der Waals surface area contributed by atoms with Crippen LogP contribution in [0.15, 0.2) is 48.5 Å². The van der Waals surface area contributed by atoms with Gasteiger partial charge in [-0.25, -0.2) is 0 Å². The minimum atomic E-state index is -0.577. The van der Waals surface area contributed by atoms with E-state index < -0.39 is 6.10 Å². The molecule has 0 saturated carbocycles. The van der Waals surface area contributed by atoms with E-state index in [1.165, 1.54) is 11.1 Å². The van der Waals surface area contributed by atoms with Crippen molar-refractivity contribution in [3.63, 3.8) is 0 Å². The summed E-state index contributed by atoms with van der Waals surface area (Å²) in [6.07, 6.45) is -0.577. The molecule has 2 rings (SSSR count). The lowest BCUT2D eigenvalue weighted by atomic mass is 10.2. The summed E-state index contributed by atoms with van der Waals surface area (Å²) in [5, 5.41) is 3.40. The molecule has 0 aromatic heterocycles. The number of halogens is 1. The monoisotopic (exact) mass is 363 g/mol. The third kappa shape index (κ3) is 6.10. The van der Waals surface area contributed by atoms with Gasteiger partial charge in [0.25, 0.3) is 5.91 Å². The van der Waals surface area contributed by atoms with Crippen molar-refractivity contribution in [1.82, 2.24) is 5.32 Å². The lowest BCUT2D eigenvalue weighted by Crippen LogP contribution is -2.37. The highest BCUT2D eigenvalue weighted by atomic mass is 35.5. The van der Waals surface area contributed by atoms with Crippen molar-refractivity contribution >= 4 is 29.3 Å². The molecule has 0 heterocycles. The van der Waals surface area contributed by atoms with E-state index in [0.717, 1.165) is 11.5 Å². The maximum Gasteiger partial charge on any atom is 0.260 e. The molecule has 0 bridgehead atoms. The van der Waals surface area contributed by atoms with E-state index in [-0.39, 0.29) is 5.91 Å². The highest BCUT2D eigenvalue weighted by molar-refractivity contribution is 7.98. The summed E-state index contributed by atoms with van der Waals surface area (Å²) < 4.78 is 5.60. The Morgan fingerprint density at radius 1 is 1.25 bits per heavy atom. The van der Waals surface area contributed by atoms with Crippen molar-refractivity contribution in [3.8, 4) is 5.75 Å². The van der Waals surface area contributed by atoms with Gasteiger partial charge in [0.15, 0.2) is 6.10 Å². The van der Waals surface area contributed by atoms with Crippen LogP contribution in [0.1, 0.15) is 18.1 Å². The van der Waals surface area contributed by atoms with Gasteiger partial charge in [0.2, 0.25) is 0 Å². The molecule has 0 aliphatic rings. The van der Waals surface area contributed by atoms with Gasteiger partial charge < -0.3 is 10.1 Å². The number of ether oxygens (including phenoxy) is 1. The standard InChI is InChI=1S/C19H22ClNO2S/c1-14-6-5-7-16(12-14)13-24-11-10-21-19(22)15(2)23-18-9-4-3-8-17(18)20/h3-9,12,15H,10-11,13H2,1-2H3,(H,21,22)/t15-/m1/s1. The van der Waals surface area contributed by atoms with Gasteiger partial charge in [-0.2, -0.15) is 11.8 Å². The molecule has 128 valence electrons. The molecular weight excluding hydrogens is 342 g/mol. The molecular formula is C19H22ClNO2S. The second-order valence-electron chi connectivity index (χ2n) is 5.52. The van der Waals surface area contributed by atoms with Crippen molar-refractivity contribution in [2.75, 3.05) is 12.3 Å². The molecule has 1 N–H and O–H groups in total. The fraction of sp³-hybridized carbons (Fsp3) is 0.316. The molecule has 3 nitrogen and oxygen atoms in total. The summed E-state index contributed by atoms with van der Waals surface area (Å²) in [5.41, 5.74) is 2.58. The number of hydrogen-bond donors (Lipinski definition) is 1. The van der Waals surface area contributed by atoms with Crippen LogP contribution in [0.3, 0.4) is 0 Å². The van der Waals surface area contributed by atoms with Gasteiger partial charge in [0.05, 0.1) is 5.02 Å². The Balaban J connectivity index is 1.66. The van der Waals surface area contributed by atoms with Crippen LogP contribution in [0.4, 0.5) is 0 Å². The van der Waals surface area contributed by atoms with Gasteiger partial charge in [-0.15, -0.1) is 0 Å². The number of amides is 1. The molecule has 0 unspecified atom stereocenters. The normalized spacial score (nSPS) is 11.8. The van der Waals surface area contributed by atoms with E-state index in [1.54, 1.807) is 30.8 Å². The first kappa shape index (κ1) is 18.7. The van der Waals surface area contributed by atoms with Crippen LogP contribution in [0.2, 0.25) is 5.02 Å². The average molecular weight is 364 g/mol. The van der Waals surface area contributed by atoms with Crippen LogP contribution in [0.25, 0.3) is 0 Å². The number of thioether (sulfide) groups is 1. The summed E-state index contributed by atoms with van der Waals surface area (Å²) in [6, 6.07) is 15.6. The number of benzene rings is 2. The highest BCUT2D eigenvalue weighted by Crippen LogP contribution is 2.24. The van der Waals surface area contributed by atoms with Crippen molar-refractivity contribution < 1.29 is 9.53 Å². The SMILES string of the molecule is Cc1cccc(CSCCNC(=O)[C@@H](C)Oc2ccccc2Cl)c1. The quantitative estimate of drug-likeness (QED) is 0.703. The Bertz CT molecular complexity index is 678. The van der Waals surface area contributed by atoms with E-state index in [9.17, 15) is 4.79 Å². The molecule has 0 saturated heterocycles. The topological polar surface area (TPSA) is 38.3 Å². The minimum Gasteiger partial charge on any atom is -0.479 e. The largest absolute Gasteiger partial charge is 0.479 e. The zero-order chi connectivity index (χ0) is 17.4. The van der Waals surface area contributed by atoms with Gasteiger partial charge in [0.1, 0.15) is 5.75 Å². The van der Waals surface area contributed by atoms with Crippen LogP contribution < -0.4 is 10.1 Å². The maximum atomic E-state index is 12.0. The molecule has 0 radical (unpaired) electrons. The van der Waals surface area contributed by atoms with Crippen molar-refractivity contribution in [1.29, 1.82) is 0 Å². The Kier molecular flexibility index (Phi) is 7.47.